The highest BCUT2D eigenvalue weighted by Gasteiger charge is 2.64. The first-order valence-corrected chi connectivity index (χ1v) is 18.5. The van der Waals surface area contributed by atoms with E-state index >= 15 is 0 Å². The molecule has 294 valence electrons. The van der Waals surface area contributed by atoms with Crippen LogP contribution in [-0.4, -0.2) is 109 Å². The molecule has 3 heterocycles. The van der Waals surface area contributed by atoms with Gasteiger partial charge in [-0.25, -0.2) is 9.59 Å². The fourth-order valence-electron chi connectivity index (χ4n) is 6.81. The lowest BCUT2D eigenvalue weighted by atomic mass is 9.83. The minimum absolute atomic E-state index is 0.0509. The van der Waals surface area contributed by atoms with Crippen LogP contribution in [0, 0.1) is 5.92 Å². The molecule has 15 heteroatoms. The number of carbonyl (C=O) groups excluding carboxylic acids is 4. The quantitative estimate of drug-likeness (QED) is 0.187. The number of esters is 1. The van der Waals surface area contributed by atoms with Crippen molar-refractivity contribution in [2.75, 3.05) is 33.2 Å². The molecule has 8 atom stereocenters. The van der Waals surface area contributed by atoms with Gasteiger partial charge in [0, 0.05) is 44.7 Å². The number of halogens is 1. The second-order valence-electron chi connectivity index (χ2n) is 15.2. The van der Waals surface area contributed by atoms with Crippen LogP contribution in [0.5, 0.6) is 5.75 Å². The molecular weight excluding hydrogens is 726 g/mol. The zero-order chi connectivity index (χ0) is 39.6. The van der Waals surface area contributed by atoms with Crippen LogP contribution in [-0.2, 0) is 39.8 Å². The van der Waals surface area contributed by atoms with Crippen LogP contribution in [0.4, 0.5) is 10.5 Å². The number of aliphatic hydroxyl groups is 1. The molecule has 4 bridgehead atoms. The Hall–Kier alpha value is -3.30. The monoisotopic (exact) mass is 779 g/mol. The van der Waals surface area contributed by atoms with Crippen molar-refractivity contribution in [2.45, 2.75) is 120 Å². The second kappa shape index (κ2) is 16.6. The van der Waals surface area contributed by atoms with E-state index in [0.717, 1.165) is 11.1 Å². The number of allylic oxidation sites excluding steroid dienone is 3. The Morgan fingerprint density at radius 2 is 1.94 bits per heavy atom. The highest BCUT2D eigenvalue weighted by atomic mass is 35.5. The van der Waals surface area contributed by atoms with Gasteiger partial charge in [0.25, 0.3) is 0 Å². The van der Waals surface area contributed by atoms with Crippen LogP contribution in [0.15, 0.2) is 35.9 Å². The van der Waals surface area contributed by atoms with E-state index in [-0.39, 0.29) is 34.9 Å². The molecule has 0 aromatic heterocycles. The normalized spacial score (nSPS) is 31.5. The number of alkyl carbamates (subject to hydrolysis) is 1. The first-order valence-electron chi connectivity index (χ1n) is 17.7. The van der Waals surface area contributed by atoms with Gasteiger partial charge < -0.3 is 38.6 Å². The summed E-state index contributed by atoms with van der Waals surface area (Å²) in [5.41, 5.74) is -0.916. The SMILES string of the molecule is COc1cc2cc(c1Cl)N(C)C(=O)C[C@H](OC(=O)[C@@H](C)N(C)C(=O)CCC(C)(C)S)[C@]1(C)O[C@H]1[C@H](C)[C@@H]1C[C@@](O)(NC(=O)O1)[C@H](OC)/C=C/C=C(/C)C2. The van der Waals surface area contributed by atoms with Gasteiger partial charge >= 0.3 is 12.1 Å². The van der Waals surface area contributed by atoms with Crippen molar-refractivity contribution in [1.29, 1.82) is 0 Å². The average Bonchev–Trinajstić information content (AvgIpc) is 3.78. The molecule has 0 spiro atoms. The Morgan fingerprint density at radius 1 is 1.26 bits per heavy atom. The van der Waals surface area contributed by atoms with E-state index in [1.54, 1.807) is 52.1 Å². The van der Waals surface area contributed by atoms with Crippen molar-refractivity contribution < 1.29 is 48.0 Å². The summed E-state index contributed by atoms with van der Waals surface area (Å²) in [7, 11) is 6.02. The first-order chi connectivity index (χ1) is 24.6. The number of likely N-dealkylation sites (N-methyl/N-ethyl adjacent to an activating group) is 1. The number of hydrogen-bond acceptors (Lipinski definition) is 11. The lowest BCUT2D eigenvalue weighted by Gasteiger charge is -2.42. The van der Waals surface area contributed by atoms with E-state index in [1.807, 2.05) is 26.8 Å². The van der Waals surface area contributed by atoms with E-state index < -0.39 is 65.7 Å². The van der Waals surface area contributed by atoms with Crippen molar-refractivity contribution in [3.8, 4) is 5.75 Å². The molecule has 0 radical (unpaired) electrons. The number of amides is 3. The van der Waals surface area contributed by atoms with Gasteiger partial charge in [-0.2, -0.15) is 12.6 Å². The largest absolute Gasteiger partial charge is 0.495 e. The molecule has 53 heavy (non-hydrogen) atoms. The standard InChI is InChI=1S/C38H54ClN3O10S/c1-21-12-11-13-28(49-10)38(47)20-27(50-35(46)40-38)22(2)33-37(6,52-33)29(51-34(45)23(3)41(7)30(43)14-15-36(4,5)53)19-31(44)42(8)25-17-24(16-21)18-26(48-9)32(25)39/h11-13,17-18,22-23,27-29,33,47,53H,14-16,19-20H2,1-10H3,(H,40,46)/b13-11+,21-12-/t22-,23-,27+,28-,29+,33+,37+,38+/m1/s1. The van der Waals surface area contributed by atoms with Crippen molar-refractivity contribution >= 4 is 53.8 Å². The van der Waals surface area contributed by atoms with Gasteiger partial charge in [0.05, 0.1) is 25.3 Å². The van der Waals surface area contributed by atoms with Gasteiger partial charge in [0.2, 0.25) is 11.8 Å². The second-order valence-corrected chi connectivity index (χ2v) is 16.8. The third-order valence-electron chi connectivity index (χ3n) is 10.5. The zero-order valence-corrected chi connectivity index (χ0v) is 33.9. The van der Waals surface area contributed by atoms with Crippen molar-refractivity contribution in [2.24, 2.45) is 5.92 Å². The molecule has 3 aliphatic heterocycles. The predicted octanol–water partition coefficient (Wildman–Crippen LogP) is 5.00. The number of nitrogens with zero attached hydrogens (tertiary/aromatic N) is 2. The minimum atomic E-state index is -1.83. The Balaban J connectivity index is 1.74. The third kappa shape index (κ3) is 9.88. The van der Waals surface area contributed by atoms with E-state index in [4.69, 9.17) is 35.3 Å². The van der Waals surface area contributed by atoms with Crippen LogP contribution in [0.1, 0.15) is 72.8 Å². The third-order valence-corrected chi connectivity index (χ3v) is 11.1. The van der Waals surface area contributed by atoms with Gasteiger partial charge in [-0.3, -0.25) is 14.9 Å². The molecule has 2 fully saturated rings. The molecule has 13 nitrogen and oxygen atoms in total. The molecular formula is C38H54ClN3O10S. The number of carbonyl (C=O) groups is 4. The zero-order valence-electron chi connectivity index (χ0n) is 32.2. The molecule has 3 amide bonds. The number of epoxide rings is 1. The fourth-order valence-corrected chi connectivity index (χ4v) is 7.23. The van der Waals surface area contributed by atoms with Gasteiger partial charge in [0.1, 0.15) is 40.7 Å². The molecule has 0 aliphatic carbocycles. The van der Waals surface area contributed by atoms with Gasteiger partial charge in [-0.1, -0.05) is 56.2 Å². The lowest BCUT2D eigenvalue weighted by Crippen LogP contribution is -2.63. The minimum Gasteiger partial charge on any atom is -0.495 e. The highest BCUT2D eigenvalue weighted by Crippen LogP contribution is 2.49. The molecule has 1 aromatic carbocycles. The summed E-state index contributed by atoms with van der Waals surface area (Å²) >= 11 is 11.3. The van der Waals surface area contributed by atoms with Gasteiger partial charge in [0.15, 0.2) is 5.72 Å². The topological polar surface area (TPSA) is 156 Å². The molecule has 4 rings (SSSR count). The van der Waals surface area contributed by atoms with Gasteiger partial charge in [-0.15, -0.1) is 0 Å². The fraction of sp³-hybridized carbons (Fsp3) is 0.632. The maximum Gasteiger partial charge on any atom is 0.409 e. The number of ether oxygens (including phenoxy) is 5. The summed E-state index contributed by atoms with van der Waals surface area (Å²) in [4.78, 5) is 56.5. The van der Waals surface area contributed by atoms with Crippen molar-refractivity contribution in [3.05, 3.63) is 46.5 Å². The number of benzene rings is 1. The first kappa shape index (κ1) is 42.4. The van der Waals surface area contributed by atoms with E-state index in [0.29, 0.717) is 24.3 Å². The number of anilines is 1. The van der Waals surface area contributed by atoms with Crippen LogP contribution in [0.2, 0.25) is 5.02 Å². The summed E-state index contributed by atoms with van der Waals surface area (Å²) in [5, 5.41) is 14.5. The number of nitrogens with one attached hydrogen (secondary N) is 1. The number of hydrogen-bond donors (Lipinski definition) is 3. The van der Waals surface area contributed by atoms with E-state index in [2.05, 4.69) is 17.9 Å². The number of methoxy groups -OCH3 is 2. The maximum absolute atomic E-state index is 14.1. The van der Waals surface area contributed by atoms with Crippen LogP contribution < -0.4 is 15.0 Å². The van der Waals surface area contributed by atoms with Crippen molar-refractivity contribution in [1.82, 2.24) is 10.2 Å². The predicted molar refractivity (Wildman–Crippen MR) is 203 cm³/mol. The Morgan fingerprint density at radius 3 is 2.57 bits per heavy atom. The Kier molecular flexibility index (Phi) is 13.3. The molecule has 0 saturated carbocycles. The van der Waals surface area contributed by atoms with E-state index in [1.165, 1.54) is 31.1 Å². The van der Waals surface area contributed by atoms with Gasteiger partial charge in [-0.05, 0) is 51.3 Å². The van der Waals surface area contributed by atoms with E-state index in [9.17, 15) is 24.3 Å². The summed E-state index contributed by atoms with van der Waals surface area (Å²) < 4.78 is 28.8. The number of rotatable bonds is 8. The Bertz CT molecular complexity index is 1630. The smallest absolute Gasteiger partial charge is 0.409 e. The van der Waals surface area contributed by atoms with Crippen LogP contribution in [0.25, 0.3) is 0 Å². The maximum atomic E-state index is 14.1. The molecule has 2 saturated heterocycles. The number of thiol groups is 1. The summed E-state index contributed by atoms with van der Waals surface area (Å²) in [6, 6.07) is 2.60. The average molecular weight is 780 g/mol. The Labute approximate surface area is 322 Å². The highest BCUT2D eigenvalue weighted by molar-refractivity contribution is 7.81. The summed E-state index contributed by atoms with van der Waals surface area (Å²) in [5.74, 6) is -1.58. The van der Waals surface area contributed by atoms with Crippen molar-refractivity contribution in [3.63, 3.8) is 0 Å². The molecule has 3 aliphatic rings. The molecule has 1 aromatic rings. The van der Waals surface area contributed by atoms with Crippen LogP contribution in [0.3, 0.4) is 0 Å². The van der Waals surface area contributed by atoms with Crippen LogP contribution >= 0.6 is 24.2 Å². The molecule has 2 N–H and O–H groups in total. The lowest BCUT2D eigenvalue weighted by molar-refractivity contribution is -0.162. The summed E-state index contributed by atoms with van der Waals surface area (Å²) in [6.45, 7) is 10.8. The number of fused-ring (bicyclic) bond motifs is 5. The molecule has 0 unspecified atom stereocenters. The summed E-state index contributed by atoms with van der Waals surface area (Å²) in [6.07, 6.45) is 1.61.